The van der Waals surface area contributed by atoms with E-state index >= 15 is 4.39 Å². The first-order valence-corrected chi connectivity index (χ1v) is 11.0. The second-order valence-corrected chi connectivity index (χ2v) is 10.9. The minimum atomic E-state index is -1.74. The third-order valence-corrected chi connectivity index (χ3v) is 10.3. The molecule has 0 saturated heterocycles. The van der Waals surface area contributed by atoms with E-state index in [1.54, 1.807) is 13.0 Å². The predicted molar refractivity (Wildman–Crippen MR) is 109 cm³/mol. The highest BCUT2D eigenvalue weighted by molar-refractivity contribution is 6.34. The molecule has 0 bridgehead atoms. The molecule has 0 aromatic rings. The summed E-state index contributed by atoms with van der Waals surface area (Å²) in [6, 6.07) is 0. The first kappa shape index (κ1) is 21.5. The highest BCUT2D eigenvalue weighted by Crippen LogP contribution is 2.72. The van der Waals surface area contributed by atoms with Gasteiger partial charge in [0.2, 0.25) is 0 Å². The van der Waals surface area contributed by atoms with Crippen LogP contribution in [0.15, 0.2) is 23.8 Å². The van der Waals surface area contributed by atoms with E-state index in [0.29, 0.717) is 12.0 Å². The van der Waals surface area contributed by atoms with Gasteiger partial charge in [0.05, 0.1) is 10.3 Å². The van der Waals surface area contributed by atoms with Crippen LogP contribution in [0.25, 0.3) is 0 Å². The van der Waals surface area contributed by atoms with Crippen molar-refractivity contribution in [3.05, 3.63) is 23.8 Å². The van der Waals surface area contributed by atoms with Gasteiger partial charge < -0.3 is 10.2 Å². The van der Waals surface area contributed by atoms with Crippen molar-refractivity contribution < 1.29 is 24.2 Å². The van der Waals surface area contributed by atoms with Gasteiger partial charge in [-0.15, -0.1) is 23.2 Å². The molecule has 2 N–H and O–H groups in total. The van der Waals surface area contributed by atoms with Gasteiger partial charge in [-0.25, -0.2) is 4.39 Å². The van der Waals surface area contributed by atoms with Crippen molar-refractivity contribution in [2.75, 3.05) is 6.61 Å². The van der Waals surface area contributed by atoms with E-state index < -0.39 is 57.1 Å². The summed E-state index contributed by atoms with van der Waals surface area (Å²) in [4.78, 5) is 23.5. The molecule has 3 saturated carbocycles. The Morgan fingerprint density at radius 3 is 2.59 bits per heavy atom. The van der Waals surface area contributed by atoms with E-state index in [1.807, 2.05) is 13.8 Å². The lowest BCUT2D eigenvalue weighted by molar-refractivity contribution is -0.168. The fourth-order valence-corrected chi connectivity index (χ4v) is 8.39. The quantitative estimate of drug-likeness (QED) is 0.640. The number of halogens is 3. The van der Waals surface area contributed by atoms with Gasteiger partial charge in [0.1, 0.15) is 18.4 Å². The SMILES string of the molecule is CC1C[C@H]2[C@@H]3CC(F)C4=CC(=O)C=C[C@]4(C)[C@@]3(Cl)C(Cl)C[C@]2(C)[C@@]1(O)C(=O)CO. The van der Waals surface area contributed by atoms with Crippen LogP contribution in [0.5, 0.6) is 0 Å². The molecule has 160 valence electrons. The largest absolute Gasteiger partial charge is 0.388 e. The maximum atomic E-state index is 15.4. The van der Waals surface area contributed by atoms with Crippen molar-refractivity contribution in [3.63, 3.8) is 0 Å². The van der Waals surface area contributed by atoms with Crippen LogP contribution in [0, 0.1) is 28.6 Å². The van der Waals surface area contributed by atoms with E-state index in [9.17, 15) is 19.8 Å². The van der Waals surface area contributed by atoms with Gasteiger partial charge in [-0.05, 0) is 54.7 Å². The number of hydrogen-bond acceptors (Lipinski definition) is 4. The molecule has 4 aliphatic carbocycles. The van der Waals surface area contributed by atoms with Crippen molar-refractivity contribution in [2.24, 2.45) is 28.6 Å². The summed E-state index contributed by atoms with van der Waals surface area (Å²) in [5.41, 5.74) is -3.24. The molecule has 0 radical (unpaired) electrons. The van der Waals surface area contributed by atoms with Gasteiger partial charge in [-0.2, -0.15) is 0 Å². The topological polar surface area (TPSA) is 74.6 Å². The van der Waals surface area contributed by atoms with Crippen LogP contribution in [0.4, 0.5) is 4.39 Å². The number of allylic oxidation sites excluding steroid dienone is 4. The van der Waals surface area contributed by atoms with Gasteiger partial charge in [0, 0.05) is 10.8 Å². The van der Waals surface area contributed by atoms with Gasteiger partial charge in [0.25, 0.3) is 0 Å². The zero-order valence-corrected chi connectivity index (χ0v) is 18.3. The van der Waals surface area contributed by atoms with E-state index in [2.05, 4.69) is 0 Å². The van der Waals surface area contributed by atoms with Gasteiger partial charge in [-0.1, -0.05) is 26.8 Å². The lowest BCUT2D eigenvalue weighted by atomic mass is 9.46. The Morgan fingerprint density at radius 2 is 1.97 bits per heavy atom. The summed E-state index contributed by atoms with van der Waals surface area (Å²) < 4.78 is 15.4. The lowest BCUT2D eigenvalue weighted by Gasteiger charge is -2.64. The highest BCUT2D eigenvalue weighted by Gasteiger charge is 2.75. The predicted octanol–water partition coefficient (Wildman–Crippen LogP) is 3.36. The summed E-state index contributed by atoms with van der Waals surface area (Å²) in [6.45, 7) is 4.68. The van der Waals surface area contributed by atoms with Crippen LogP contribution in [-0.2, 0) is 9.59 Å². The standard InChI is InChI=1S/C22H27Cl2FO4/c1-11-6-13-14-8-16(25)15-7-12(27)4-5-19(15,2)21(14,24)17(23)9-20(13,3)22(11,29)18(28)10-26/h4-5,7,11,13-14,16-17,26,29H,6,8-10H2,1-3H3/t11?,13-,14-,16?,17?,19-,20-,21-,22-/m0/s1. The maximum absolute atomic E-state index is 15.4. The van der Waals surface area contributed by atoms with E-state index in [-0.39, 0.29) is 24.5 Å². The molecule has 4 rings (SSSR count). The molecule has 3 unspecified atom stereocenters. The lowest BCUT2D eigenvalue weighted by Crippen LogP contribution is -2.69. The molecule has 0 amide bonds. The first-order valence-electron chi connectivity index (χ1n) is 10.2. The minimum absolute atomic E-state index is 0.0889. The molecule has 0 heterocycles. The fraction of sp³-hybridized carbons (Fsp3) is 0.727. The Bertz CT molecular complexity index is 843. The number of aliphatic hydroxyl groups is 2. The third kappa shape index (κ3) is 2.34. The van der Waals surface area contributed by atoms with Gasteiger partial charge in [-0.3, -0.25) is 9.59 Å². The van der Waals surface area contributed by atoms with Crippen LogP contribution in [0.3, 0.4) is 0 Å². The van der Waals surface area contributed by atoms with Crippen molar-refractivity contribution in [1.29, 1.82) is 0 Å². The Balaban J connectivity index is 1.87. The number of aliphatic hydroxyl groups excluding tert-OH is 1. The number of rotatable bonds is 2. The average Bonchev–Trinajstić information content (AvgIpc) is 2.86. The van der Waals surface area contributed by atoms with Crippen molar-refractivity contribution in [3.8, 4) is 0 Å². The third-order valence-electron chi connectivity index (χ3n) is 8.74. The molecule has 4 aliphatic rings. The maximum Gasteiger partial charge on any atom is 0.190 e. The van der Waals surface area contributed by atoms with Gasteiger partial charge >= 0.3 is 0 Å². The van der Waals surface area contributed by atoms with E-state index in [0.717, 1.165) is 0 Å². The Kier molecular flexibility index (Phi) is 4.73. The molecule has 0 aromatic carbocycles. The second-order valence-electron chi connectivity index (χ2n) is 9.80. The van der Waals surface area contributed by atoms with E-state index in [4.69, 9.17) is 23.2 Å². The normalized spacial score (nSPS) is 53.7. The summed E-state index contributed by atoms with van der Waals surface area (Å²) in [6.07, 6.45) is 3.92. The monoisotopic (exact) mass is 444 g/mol. The van der Waals surface area contributed by atoms with Crippen molar-refractivity contribution >= 4 is 34.8 Å². The average molecular weight is 445 g/mol. The van der Waals surface area contributed by atoms with Crippen LogP contribution >= 0.6 is 23.2 Å². The zero-order chi connectivity index (χ0) is 21.6. The molecule has 3 fully saturated rings. The molecule has 0 aromatic heterocycles. The van der Waals surface area contributed by atoms with Crippen LogP contribution in [-0.4, -0.2) is 50.4 Å². The Morgan fingerprint density at radius 1 is 1.31 bits per heavy atom. The number of ketones is 2. The highest BCUT2D eigenvalue weighted by atomic mass is 35.5. The van der Waals surface area contributed by atoms with Crippen LogP contribution in [0.1, 0.15) is 40.0 Å². The van der Waals surface area contributed by atoms with Crippen LogP contribution in [0.2, 0.25) is 0 Å². The summed E-state index contributed by atoms with van der Waals surface area (Å²) in [5, 5.41) is 20.3. The summed E-state index contributed by atoms with van der Waals surface area (Å²) in [5.74, 6) is -1.94. The molecule has 7 heteroatoms. The molecule has 29 heavy (non-hydrogen) atoms. The van der Waals surface area contributed by atoms with Crippen molar-refractivity contribution in [1.82, 2.24) is 0 Å². The number of carbonyl (C=O) groups excluding carboxylic acids is 2. The summed E-state index contributed by atoms with van der Waals surface area (Å²) in [7, 11) is 0. The second kappa shape index (κ2) is 6.38. The molecule has 9 atom stereocenters. The zero-order valence-electron chi connectivity index (χ0n) is 16.8. The Labute approximate surface area is 180 Å². The molecular formula is C22H27Cl2FO4. The smallest absolute Gasteiger partial charge is 0.190 e. The van der Waals surface area contributed by atoms with E-state index in [1.165, 1.54) is 12.2 Å². The molecule has 4 nitrogen and oxygen atoms in total. The van der Waals surface area contributed by atoms with Crippen LogP contribution < -0.4 is 0 Å². The number of alkyl halides is 3. The van der Waals surface area contributed by atoms with Gasteiger partial charge in [0.15, 0.2) is 11.6 Å². The Hall–Kier alpha value is -0.750. The fourth-order valence-electron chi connectivity index (χ4n) is 7.19. The molecule has 0 aliphatic heterocycles. The summed E-state index contributed by atoms with van der Waals surface area (Å²) >= 11 is 14.2. The first-order chi connectivity index (χ1) is 13.4. The molecular weight excluding hydrogens is 418 g/mol. The minimum Gasteiger partial charge on any atom is -0.388 e. The molecule has 0 spiro atoms. The number of hydrogen-bond donors (Lipinski definition) is 2. The number of carbonyl (C=O) groups is 2. The number of fused-ring (bicyclic) bond motifs is 5. The number of Topliss-reactive ketones (excluding diaryl/α,β-unsaturated/α-hetero) is 1. The van der Waals surface area contributed by atoms with Crippen molar-refractivity contribution in [2.45, 2.75) is 62.1 Å².